The van der Waals surface area contributed by atoms with Crippen molar-refractivity contribution in [2.75, 3.05) is 25.1 Å². The molecule has 2 aromatic carbocycles. The molecule has 0 aliphatic carbocycles. The van der Waals surface area contributed by atoms with Crippen molar-refractivity contribution in [2.24, 2.45) is 0 Å². The summed E-state index contributed by atoms with van der Waals surface area (Å²) in [7, 11) is 0. The number of nitrogens with zero attached hydrogens (tertiary/aromatic N) is 2. The monoisotopic (exact) mass is 524 g/mol. The smallest absolute Gasteiger partial charge is 0.277 e. The molecule has 2 heterocycles. The van der Waals surface area contributed by atoms with Crippen molar-refractivity contribution in [2.45, 2.75) is 31.9 Å². The Labute approximate surface area is 197 Å². The molecule has 1 aliphatic rings. The lowest BCUT2D eigenvalue weighted by Gasteiger charge is -2.23. The largest absolute Gasteiger partial charge is 0.394 e. The number of halogens is 3. The second-order valence-electron chi connectivity index (χ2n) is 7.62. The van der Waals surface area contributed by atoms with Crippen molar-refractivity contribution in [3.05, 3.63) is 52.3 Å². The maximum atomic E-state index is 15.6. The second kappa shape index (κ2) is 10.6. The van der Waals surface area contributed by atoms with Crippen LogP contribution >= 0.6 is 15.9 Å². The Morgan fingerprint density at radius 1 is 1.33 bits per heavy atom. The van der Waals surface area contributed by atoms with Crippen molar-refractivity contribution < 1.29 is 28.3 Å². The molecule has 3 N–H and O–H groups in total. The van der Waals surface area contributed by atoms with E-state index < -0.39 is 17.5 Å². The van der Waals surface area contributed by atoms with E-state index in [0.29, 0.717) is 23.1 Å². The Balaban J connectivity index is 1.74. The number of hydrogen-bond donors (Lipinski definition) is 3. The minimum Gasteiger partial charge on any atom is -0.394 e. The number of benzene rings is 2. The summed E-state index contributed by atoms with van der Waals surface area (Å²) in [5.41, 5.74) is 2.25. The molecule has 1 fully saturated rings. The number of amides is 1. The molecule has 0 spiro atoms. The summed E-state index contributed by atoms with van der Waals surface area (Å²) in [4.78, 5) is 21.9. The lowest BCUT2D eigenvalue weighted by molar-refractivity contribution is 0.00661. The highest BCUT2D eigenvalue weighted by atomic mass is 79.9. The normalized spacial score (nSPS) is 16.2. The number of carbonyl (C=O) groups excluding carboxylic acids is 1. The minimum atomic E-state index is -0.801. The van der Waals surface area contributed by atoms with Gasteiger partial charge in [-0.1, -0.05) is 15.9 Å². The zero-order valence-electron chi connectivity index (χ0n) is 17.6. The first kappa shape index (κ1) is 23.6. The number of anilines is 2. The lowest BCUT2D eigenvalue weighted by atomic mass is 10.1. The van der Waals surface area contributed by atoms with Crippen LogP contribution < -0.4 is 10.8 Å². The zero-order valence-corrected chi connectivity index (χ0v) is 19.2. The van der Waals surface area contributed by atoms with E-state index >= 15 is 4.39 Å². The maximum Gasteiger partial charge on any atom is 0.277 e. The summed E-state index contributed by atoms with van der Waals surface area (Å²) in [6.07, 6.45) is 4.41. The standard InChI is InChI=1S/C22H23BrF2N4O4/c23-13-4-5-17(16(24)9-13)27-20-15(22(31)28-33-8-6-30)10-18-21(19(20)25)26-12-29(18)11-14-3-1-2-7-32-14/h4-5,9-10,12,14,27,30H,1-3,6-8,11H2,(H,28,31). The van der Waals surface area contributed by atoms with Crippen molar-refractivity contribution in [3.63, 3.8) is 0 Å². The van der Waals surface area contributed by atoms with E-state index in [-0.39, 0.29) is 41.8 Å². The molecule has 3 aromatic rings. The van der Waals surface area contributed by atoms with Gasteiger partial charge in [0.2, 0.25) is 0 Å². The van der Waals surface area contributed by atoms with Gasteiger partial charge in [0, 0.05) is 11.1 Å². The van der Waals surface area contributed by atoms with Crippen molar-refractivity contribution in [1.29, 1.82) is 0 Å². The van der Waals surface area contributed by atoms with Gasteiger partial charge >= 0.3 is 0 Å². The van der Waals surface area contributed by atoms with Gasteiger partial charge in [-0.25, -0.2) is 19.2 Å². The highest BCUT2D eigenvalue weighted by Gasteiger charge is 2.24. The van der Waals surface area contributed by atoms with E-state index in [1.165, 1.54) is 24.5 Å². The maximum absolute atomic E-state index is 15.6. The number of aromatic nitrogens is 2. The fourth-order valence-electron chi connectivity index (χ4n) is 3.72. The molecule has 8 nitrogen and oxygen atoms in total. The molecule has 1 aromatic heterocycles. The summed E-state index contributed by atoms with van der Waals surface area (Å²) in [5, 5.41) is 11.6. The van der Waals surface area contributed by atoms with Crippen molar-refractivity contribution in [3.8, 4) is 0 Å². The third-order valence-corrected chi connectivity index (χ3v) is 5.82. The number of ether oxygens (including phenoxy) is 1. The van der Waals surface area contributed by atoms with Gasteiger partial charge in [-0.15, -0.1) is 0 Å². The Kier molecular flexibility index (Phi) is 7.53. The van der Waals surface area contributed by atoms with Crippen LogP contribution in [0.15, 0.2) is 35.1 Å². The summed E-state index contributed by atoms with van der Waals surface area (Å²) in [6, 6.07) is 5.71. The Morgan fingerprint density at radius 2 is 2.18 bits per heavy atom. The SMILES string of the molecule is O=C(NOCCO)c1cc2c(ncn2CC2CCCCO2)c(F)c1Nc1ccc(Br)cc1F. The first-order valence-electron chi connectivity index (χ1n) is 10.5. The van der Waals surface area contributed by atoms with Crippen molar-refractivity contribution >= 4 is 44.2 Å². The predicted octanol–water partition coefficient (Wildman–Crippen LogP) is 4.04. The van der Waals surface area contributed by atoms with Gasteiger partial charge in [0.05, 0.1) is 54.6 Å². The quantitative estimate of drug-likeness (QED) is 0.304. The molecule has 1 atom stereocenters. The zero-order chi connectivity index (χ0) is 23.4. The highest BCUT2D eigenvalue weighted by Crippen LogP contribution is 2.33. The fourth-order valence-corrected chi connectivity index (χ4v) is 4.05. The van der Waals surface area contributed by atoms with Gasteiger partial charge < -0.3 is 19.7 Å². The van der Waals surface area contributed by atoms with Crippen LogP contribution in [-0.4, -0.2) is 46.5 Å². The molecular weight excluding hydrogens is 502 g/mol. The van der Waals surface area contributed by atoms with E-state index in [1.807, 2.05) is 0 Å². The van der Waals surface area contributed by atoms with Crippen molar-refractivity contribution in [1.82, 2.24) is 15.0 Å². The van der Waals surface area contributed by atoms with Crippen LogP contribution in [0.1, 0.15) is 29.6 Å². The van der Waals surface area contributed by atoms with Gasteiger partial charge in [0.25, 0.3) is 5.91 Å². The number of carbonyl (C=O) groups is 1. The molecule has 11 heteroatoms. The number of aliphatic hydroxyl groups is 1. The predicted molar refractivity (Wildman–Crippen MR) is 121 cm³/mol. The molecule has 4 rings (SSSR count). The summed E-state index contributed by atoms with van der Waals surface area (Å²) < 4.78 is 38.1. The first-order valence-corrected chi connectivity index (χ1v) is 11.3. The number of hydrogen-bond acceptors (Lipinski definition) is 6. The molecule has 1 amide bonds. The van der Waals surface area contributed by atoms with Gasteiger partial charge in [-0.2, -0.15) is 0 Å². The summed E-state index contributed by atoms with van der Waals surface area (Å²) in [5.74, 6) is -2.19. The molecule has 1 unspecified atom stereocenters. The number of rotatable bonds is 8. The number of hydroxylamine groups is 1. The Morgan fingerprint density at radius 3 is 2.91 bits per heavy atom. The number of fused-ring (bicyclic) bond motifs is 1. The van der Waals surface area contributed by atoms with Crippen LogP contribution in [0, 0.1) is 11.6 Å². The average molecular weight is 525 g/mol. The van der Waals surface area contributed by atoms with Crippen LogP contribution in [0.3, 0.4) is 0 Å². The molecule has 33 heavy (non-hydrogen) atoms. The first-order chi connectivity index (χ1) is 16.0. The number of imidazole rings is 1. The minimum absolute atomic E-state index is 0.0168. The van der Waals surface area contributed by atoms with Gasteiger partial charge in [0.1, 0.15) is 11.3 Å². The summed E-state index contributed by atoms with van der Waals surface area (Å²) in [6.45, 7) is 0.690. The Hall–Kier alpha value is -2.60. The molecular formula is C22H23BrF2N4O4. The molecule has 176 valence electrons. The third-order valence-electron chi connectivity index (χ3n) is 5.32. The molecule has 1 saturated heterocycles. The van der Waals surface area contributed by atoms with Gasteiger partial charge in [0.15, 0.2) is 5.82 Å². The van der Waals surface area contributed by atoms with Gasteiger partial charge in [-0.3, -0.25) is 9.63 Å². The van der Waals surface area contributed by atoms with E-state index in [9.17, 15) is 9.18 Å². The van der Waals surface area contributed by atoms with Crippen LogP contribution in [0.5, 0.6) is 0 Å². The second-order valence-corrected chi connectivity index (χ2v) is 8.53. The van der Waals surface area contributed by atoms with Gasteiger partial charge in [-0.05, 0) is 43.5 Å². The average Bonchev–Trinajstić information content (AvgIpc) is 3.20. The lowest BCUT2D eigenvalue weighted by Crippen LogP contribution is -2.26. The number of aliphatic hydroxyl groups excluding tert-OH is 1. The van der Waals surface area contributed by atoms with Crippen LogP contribution in [0.25, 0.3) is 11.0 Å². The summed E-state index contributed by atoms with van der Waals surface area (Å²) >= 11 is 3.18. The molecule has 1 aliphatic heterocycles. The van der Waals surface area contributed by atoms with Crippen LogP contribution in [0.4, 0.5) is 20.2 Å². The highest BCUT2D eigenvalue weighted by molar-refractivity contribution is 9.10. The van der Waals surface area contributed by atoms with E-state index in [2.05, 4.69) is 31.7 Å². The number of nitrogens with one attached hydrogen (secondary N) is 2. The topological polar surface area (TPSA) is 97.6 Å². The molecule has 0 radical (unpaired) electrons. The molecule has 0 saturated carbocycles. The van der Waals surface area contributed by atoms with Crippen LogP contribution in [0.2, 0.25) is 0 Å². The van der Waals surface area contributed by atoms with Crippen LogP contribution in [-0.2, 0) is 16.1 Å². The fraction of sp³-hybridized carbons (Fsp3) is 0.364. The molecule has 0 bridgehead atoms. The van der Waals surface area contributed by atoms with E-state index in [1.54, 1.807) is 10.6 Å². The van der Waals surface area contributed by atoms with E-state index in [0.717, 1.165) is 19.3 Å². The van der Waals surface area contributed by atoms with E-state index in [4.69, 9.17) is 14.7 Å². The Bertz CT molecular complexity index is 1150. The third kappa shape index (κ3) is 5.32.